The third-order valence-corrected chi connectivity index (χ3v) is 2.98. The lowest BCUT2D eigenvalue weighted by Crippen LogP contribution is -2.40. The number of hydrogen-bond donors (Lipinski definition) is 2. The Hall–Kier alpha value is -1.56. The van der Waals surface area contributed by atoms with Gasteiger partial charge < -0.3 is 15.4 Å². The van der Waals surface area contributed by atoms with Crippen LogP contribution in [-0.4, -0.2) is 48.1 Å². The predicted molar refractivity (Wildman–Crippen MR) is 82.0 cm³/mol. The number of guanidine groups is 1. The van der Waals surface area contributed by atoms with Crippen molar-refractivity contribution in [3.05, 3.63) is 18.0 Å². The molecular weight excluding hydrogens is 254 g/mol. The minimum Gasteiger partial charge on any atom is -0.377 e. The summed E-state index contributed by atoms with van der Waals surface area (Å²) in [6.07, 6.45) is 4.84. The summed E-state index contributed by atoms with van der Waals surface area (Å²) in [6, 6.07) is 0. The van der Waals surface area contributed by atoms with E-state index in [4.69, 9.17) is 4.74 Å². The van der Waals surface area contributed by atoms with Crippen LogP contribution in [0.2, 0.25) is 0 Å². The summed E-state index contributed by atoms with van der Waals surface area (Å²) in [5, 5.41) is 10.7. The van der Waals surface area contributed by atoms with E-state index in [1.54, 1.807) is 7.11 Å². The molecule has 0 saturated heterocycles. The van der Waals surface area contributed by atoms with Crippen molar-refractivity contribution >= 4 is 5.96 Å². The summed E-state index contributed by atoms with van der Waals surface area (Å²) < 4.78 is 7.18. The van der Waals surface area contributed by atoms with Crippen LogP contribution in [0.1, 0.15) is 26.3 Å². The van der Waals surface area contributed by atoms with E-state index in [-0.39, 0.29) is 5.60 Å². The van der Waals surface area contributed by atoms with Gasteiger partial charge in [0.15, 0.2) is 5.96 Å². The fourth-order valence-electron chi connectivity index (χ4n) is 1.60. The molecule has 0 fully saturated rings. The molecule has 0 saturated carbocycles. The van der Waals surface area contributed by atoms with Crippen molar-refractivity contribution in [1.29, 1.82) is 0 Å². The van der Waals surface area contributed by atoms with E-state index in [0.29, 0.717) is 6.54 Å². The van der Waals surface area contributed by atoms with Gasteiger partial charge in [-0.05, 0) is 32.8 Å². The van der Waals surface area contributed by atoms with E-state index in [9.17, 15) is 0 Å². The van der Waals surface area contributed by atoms with Crippen molar-refractivity contribution in [2.24, 2.45) is 12.0 Å². The number of nitrogens with zero attached hydrogens (tertiary/aromatic N) is 3. The van der Waals surface area contributed by atoms with Crippen LogP contribution in [0.25, 0.3) is 0 Å². The summed E-state index contributed by atoms with van der Waals surface area (Å²) in [7, 11) is 3.63. The molecule has 6 heteroatoms. The molecule has 1 aromatic rings. The van der Waals surface area contributed by atoms with Gasteiger partial charge in [-0.15, -0.1) is 0 Å². The smallest absolute Gasteiger partial charge is 0.191 e. The second-order valence-electron chi connectivity index (χ2n) is 5.36. The van der Waals surface area contributed by atoms with Gasteiger partial charge in [-0.3, -0.25) is 9.67 Å². The maximum Gasteiger partial charge on any atom is 0.191 e. The van der Waals surface area contributed by atoms with Crippen LogP contribution in [0.5, 0.6) is 0 Å². The molecular formula is C14H27N5O. The van der Waals surface area contributed by atoms with E-state index in [2.05, 4.69) is 27.6 Å². The van der Waals surface area contributed by atoms with Gasteiger partial charge in [0, 0.05) is 33.4 Å². The number of aryl methyl sites for hydroxylation is 1. The molecule has 0 aromatic carbocycles. The third-order valence-electron chi connectivity index (χ3n) is 2.98. The highest BCUT2D eigenvalue weighted by Crippen LogP contribution is 2.06. The zero-order valence-electron chi connectivity index (χ0n) is 13.2. The first kappa shape index (κ1) is 16.5. The number of aliphatic imine (C=N–C) groups is 1. The Labute approximate surface area is 121 Å². The highest BCUT2D eigenvalue weighted by molar-refractivity contribution is 5.79. The van der Waals surface area contributed by atoms with Crippen molar-refractivity contribution in [2.45, 2.75) is 32.8 Å². The number of nitrogens with one attached hydrogen (secondary N) is 2. The Bertz CT molecular complexity index is 425. The van der Waals surface area contributed by atoms with Gasteiger partial charge in [-0.1, -0.05) is 0 Å². The van der Waals surface area contributed by atoms with E-state index in [1.165, 1.54) is 5.56 Å². The van der Waals surface area contributed by atoms with Crippen LogP contribution < -0.4 is 10.6 Å². The molecule has 1 aromatic heterocycles. The van der Waals surface area contributed by atoms with Gasteiger partial charge in [-0.2, -0.15) is 5.10 Å². The van der Waals surface area contributed by atoms with Crippen molar-refractivity contribution in [3.8, 4) is 0 Å². The SMILES string of the molecule is CCNC(=NCC(C)(C)OC)NCCc1cnn(C)c1. The Balaban J connectivity index is 2.44. The molecule has 0 aliphatic heterocycles. The number of methoxy groups -OCH3 is 1. The molecule has 0 aliphatic rings. The fourth-order valence-corrected chi connectivity index (χ4v) is 1.60. The molecule has 0 spiro atoms. The fraction of sp³-hybridized carbons (Fsp3) is 0.714. The summed E-state index contributed by atoms with van der Waals surface area (Å²) in [5.41, 5.74) is 0.971. The van der Waals surface area contributed by atoms with E-state index in [1.807, 2.05) is 38.0 Å². The van der Waals surface area contributed by atoms with Crippen LogP contribution in [0, 0.1) is 0 Å². The van der Waals surface area contributed by atoms with Crippen LogP contribution in [-0.2, 0) is 18.2 Å². The first-order chi connectivity index (χ1) is 9.46. The molecule has 0 bridgehead atoms. The maximum atomic E-state index is 5.37. The molecule has 0 unspecified atom stereocenters. The lowest BCUT2D eigenvalue weighted by molar-refractivity contribution is 0.0310. The average Bonchev–Trinajstić information content (AvgIpc) is 2.82. The van der Waals surface area contributed by atoms with Gasteiger partial charge >= 0.3 is 0 Å². The first-order valence-electron chi connectivity index (χ1n) is 7.01. The van der Waals surface area contributed by atoms with Crippen LogP contribution in [0.3, 0.4) is 0 Å². The summed E-state index contributed by atoms with van der Waals surface area (Å²) in [6.45, 7) is 8.38. The topological polar surface area (TPSA) is 63.5 Å². The van der Waals surface area contributed by atoms with Gasteiger partial charge in [0.05, 0.1) is 18.3 Å². The number of aromatic nitrogens is 2. The minimum atomic E-state index is -0.244. The van der Waals surface area contributed by atoms with E-state index >= 15 is 0 Å². The van der Waals surface area contributed by atoms with Crippen molar-refractivity contribution in [1.82, 2.24) is 20.4 Å². The first-order valence-corrected chi connectivity index (χ1v) is 7.01. The Morgan fingerprint density at radius 3 is 2.75 bits per heavy atom. The molecule has 2 N–H and O–H groups in total. The molecule has 0 atom stereocenters. The quantitative estimate of drug-likeness (QED) is 0.577. The number of rotatable bonds is 7. The second kappa shape index (κ2) is 7.89. The van der Waals surface area contributed by atoms with Gasteiger partial charge in [-0.25, -0.2) is 0 Å². The molecule has 0 radical (unpaired) electrons. The molecule has 114 valence electrons. The highest BCUT2D eigenvalue weighted by Gasteiger charge is 2.15. The normalized spacial score (nSPS) is 12.6. The number of hydrogen-bond acceptors (Lipinski definition) is 3. The summed E-state index contributed by atoms with van der Waals surface area (Å²) in [4.78, 5) is 4.54. The molecule has 20 heavy (non-hydrogen) atoms. The van der Waals surface area contributed by atoms with Crippen LogP contribution in [0.15, 0.2) is 17.4 Å². The summed E-state index contributed by atoms with van der Waals surface area (Å²) >= 11 is 0. The Kier molecular flexibility index (Phi) is 6.51. The molecule has 0 aliphatic carbocycles. The van der Waals surface area contributed by atoms with Crippen LogP contribution in [0.4, 0.5) is 0 Å². The lowest BCUT2D eigenvalue weighted by Gasteiger charge is -2.21. The van der Waals surface area contributed by atoms with Gasteiger partial charge in [0.2, 0.25) is 0 Å². The molecule has 6 nitrogen and oxygen atoms in total. The minimum absolute atomic E-state index is 0.244. The number of ether oxygens (including phenoxy) is 1. The van der Waals surface area contributed by atoms with E-state index < -0.39 is 0 Å². The Morgan fingerprint density at radius 1 is 1.45 bits per heavy atom. The Morgan fingerprint density at radius 2 is 2.20 bits per heavy atom. The van der Waals surface area contributed by atoms with Crippen molar-refractivity contribution in [3.63, 3.8) is 0 Å². The zero-order valence-corrected chi connectivity index (χ0v) is 13.2. The maximum absolute atomic E-state index is 5.37. The van der Waals surface area contributed by atoms with Crippen molar-refractivity contribution < 1.29 is 4.74 Å². The standard InChI is InChI=1S/C14H27N5O/c1-6-15-13(17-11-14(2,3)20-5)16-8-7-12-9-18-19(4)10-12/h9-10H,6-8,11H2,1-5H3,(H2,15,16,17). The third kappa shape index (κ3) is 6.06. The highest BCUT2D eigenvalue weighted by atomic mass is 16.5. The van der Waals surface area contributed by atoms with E-state index in [0.717, 1.165) is 25.5 Å². The molecule has 0 amide bonds. The van der Waals surface area contributed by atoms with Crippen molar-refractivity contribution in [2.75, 3.05) is 26.7 Å². The zero-order chi connectivity index (χ0) is 15.0. The second-order valence-corrected chi connectivity index (χ2v) is 5.36. The summed E-state index contributed by atoms with van der Waals surface area (Å²) in [5.74, 6) is 0.821. The molecule has 1 heterocycles. The van der Waals surface area contributed by atoms with Gasteiger partial charge in [0.25, 0.3) is 0 Å². The lowest BCUT2D eigenvalue weighted by atomic mass is 10.1. The molecule has 1 rings (SSSR count). The average molecular weight is 281 g/mol. The monoisotopic (exact) mass is 281 g/mol. The van der Waals surface area contributed by atoms with Gasteiger partial charge in [0.1, 0.15) is 0 Å². The largest absolute Gasteiger partial charge is 0.377 e. The predicted octanol–water partition coefficient (Wildman–Crippen LogP) is 0.943. The van der Waals surface area contributed by atoms with Crippen LogP contribution >= 0.6 is 0 Å².